The standard InChI is InChI=1S/C6H3N4/c1-2-9-10-6-5(1)7-3-4-8-6/h2-4H. The second-order valence-corrected chi connectivity index (χ2v) is 1.72. The lowest BCUT2D eigenvalue weighted by atomic mass is 10.5. The summed E-state index contributed by atoms with van der Waals surface area (Å²) in [6.07, 6.45) is 4.64. The van der Waals surface area contributed by atoms with Crippen molar-refractivity contribution in [2.45, 2.75) is 0 Å². The first-order chi connectivity index (χ1) is 4.97. The summed E-state index contributed by atoms with van der Waals surface area (Å²) in [7, 11) is 0. The van der Waals surface area contributed by atoms with Crippen LogP contribution in [-0.4, -0.2) is 20.2 Å². The summed E-state index contributed by atoms with van der Waals surface area (Å²) in [4.78, 5) is 7.87. The van der Waals surface area contributed by atoms with Crippen molar-refractivity contribution in [2.75, 3.05) is 0 Å². The van der Waals surface area contributed by atoms with Crippen LogP contribution in [0.3, 0.4) is 0 Å². The Kier molecular flexibility index (Phi) is 1.04. The maximum atomic E-state index is 3.96. The van der Waals surface area contributed by atoms with Gasteiger partial charge in [0, 0.05) is 18.5 Å². The van der Waals surface area contributed by atoms with Gasteiger partial charge in [0.25, 0.3) is 0 Å². The minimum atomic E-state index is 0.532. The topological polar surface area (TPSA) is 51.6 Å². The molecule has 0 amide bonds. The largest absolute Gasteiger partial charge is 0.251 e. The van der Waals surface area contributed by atoms with Gasteiger partial charge >= 0.3 is 0 Å². The number of rotatable bonds is 0. The van der Waals surface area contributed by atoms with E-state index in [0.717, 1.165) is 0 Å². The zero-order valence-corrected chi connectivity index (χ0v) is 5.02. The molecule has 4 heteroatoms. The number of nitrogens with zero attached hydrogens (tertiary/aromatic N) is 4. The van der Waals surface area contributed by atoms with Crippen LogP contribution >= 0.6 is 0 Å². The fourth-order valence-electron chi connectivity index (χ4n) is 0.679. The van der Waals surface area contributed by atoms with Crippen LogP contribution in [0.4, 0.5) is 0 Å². The molecule has 0 aliphatic carbocycles. The van der Waals surface area contributed by atoms with E-state index in [0.29, 0.717) is 11.2 Å². The van der Waals surface area contributed by atoms with E-state index in [-0.39, 0.29) is 0 Å². The van der Waals surface area contributed by atoms with E-state index in [4.69, 9.17) is 0 Å². The molecule has 2 rings (SSSR count). The summed E-state index contributed by atoms with van der Waals surface area (Å²) in [6, 6.07) is 2.80. The molecule has 1 radical (unpaired) electrons. The zero-order valence-electron chi connectivity index (χ0n) is 5.02. The minimum Gasteiger partial charge on any atom is -0.251 e. The van der Waals surface area contributed by atoms with Gasteiger partial charge in [0.15, 0.2) is 0 Å². The van der Waals surface area contributed by atoms with Crippen LogP contribution in [0, 0.1) is 6.07 Å². The number of hydrogen-bond donors (Lipinski definition) is 0. The molecule has 47 valence electrons. The van der Waals surface area contributed by atoms with Gasteiger partial charge in [-0.15, -0.1) is 5.10 Å². The van der Waals surface area contributed by atoms with Gasteiger partial charge in [0.1, 0.15) is 5.52 Å². The predicted octanol–water partition coefficient (Wildman–Crippen LogP) is 0.220. The molecule has 0 fully saturated rings. The molecule has 0 N–H and O–H groups in total. The molecule has 0 atom stereocenters. The third-order valence-electron chi connectivity index (χ3n) is 1.09. The Morgan fingerprint density at radius 3 is 3.00 bits per heavy atom. The lowest BCUT2D eigenvalue weighted by molar-refractivity contribution is 1.04. The fourth-order valence-corrected chi connectivity index (χ4v) is 0.679. The Morgan fingerprint density at radius 2 is 2.10 bits per heavy atom. The van der Waals surface area contributed by atoms with Crippen LogP contribution < -0.4 is 0 Å². The van der Waals surface area contributed by atoms with Crippen molar-refractivity contribution in [3.63, 3.8) is 0 Å². The third kappa shape index (κ3) is 0.699. The van der Waals surface area contributed by atoms with Crippen molar-refractivity contribution < 1.29 is 0 Å². The van der Waals surface area contributed by atoms with Crippen LogP contribution in [0.15, 0.2) is 18.6 Å². The zero-order chi connectivity index (χ0) is 6.81. The molecule has 0 aromatic carbocycles. The molecular formula is C6H3N4. The van der Waals surface area contributed by atoms with Crippen LogP contribution in [0.25, 0.3) is 11.2 Å². The highest BCUT2D eigenvalue weighted by Gasteiger charge is 1.91. The normalized spacial score (nSPS) is 10.0. The minimum absolute atomic E-state index is 0.532. The molecule has 0 saturated heterocycles. The lowest BCUT2D eigenvalue weighted by Crippen LogP contribution is -1.87. The molecule has 2 heterocycles. The summed E-state index contributed by atoms with van der Waals surface area (Å²) < 4.78 is 0. The monoisotopic (exact) mass is 131 g/mol. The van der Waals surface area contributed by atoms with Crippen molar-refractivity contribution in [2.24, 2.45) is 0 Å². The smallest absolute Gasteiger partial charge is 0.201 e. The van der Waals surface area contributed by atoms with Gasteiger partial charge in [0.05, 0.1) is 6.20 Å². The van der Waals surface area contributed by atoms with Crippen LogP contribution in [0.2, 0.25) is 0 Å². The quantitative estimate of drug-likeness (QED) is 0.513. The number of aromatic nitrogens is 4. The van der Waals surface area contributed by atoms with Crippen LogP contribution in [0.1, 0.15) is 0 Å². The summed E-state index contributed by atoms with van der Waals surface area (Å²) in [5.41, 5.74) is 1.18. The molecule has 2 aromatic heterocycles. The first-order valence-corrected chi connectivity index (χ1v) is 2.77. The van der Waals surface area contributed by atoms with Crippen LogP contribution in [0.5, 0.6) is 0 Å². The third-order valence-corrected chi connectivity index (χ3v) is 1.09. The van der Waals surface area contributed by atoms with Gasteiger partial charge in [-0.25, -0.2) is 4.98 Å². The molecule has 0 aliphatic rings. The van der Waals surface area contributed by atoms with E-state index in [1.165, 1.54) is 6.20 Å². The molecule has 2 aromatic rings. The number of hydrogen-bond acceptors (Lipinski definition) is 4. The average molecular weight is 131 g/mol. The molecule has 10 heavy (non-hydrogen) atoms. The summed E-state index contributed by atoms with van der Waals surface area (Å²) >= 11 is 0. The number of fused-ring (bicyclic) bond motifs is 1. The highest BCUT2D eigenvalue weighted by Crippen LogP contribution is 1.97. The lowest BCUT2D eigenvalue weighted by Gasteiger charge is -1.88. The fraction of sp³-hybridized carbons (Fsp3) is 0. The van der Waals surface area contributed by atoms with Crippen molar-refractivity contribution in [3.05, 3.63) is 24.7 Å². The predicted molar refractivity (Wildman–Crippen MR) is 34.0 cm³/mol. The van der Waals surface area contributed by atoms with E-state index in [1.54, 1.807) is 12.4 Å². The van der Waals surface area contributed by atoms with Crippen molar-refractivity contribution in [1.29, 1.82) is 0 Å². The van der Waals surface area contributed by atoms with Gasteiger partial charge in [-0.2, -0.15) is 5.10 Å². The van der Waals surface area contributed by atoms with Crippen LogP contribution in [-0.2, 0) is 0 Å². The molecule has 0 aliphatic heterocycles. The van der Waals surface area contributed by atoms with Crippen molar-refractivity contribution >= 4 is 11.2 Å². The van der Waals surface area contributed by atoms with Crippen molar-refractivity contribution in [1.82, 2.24) is 20.2 Å². The second-order valence-electron chi connectivity index (χ2n) is 1.72. The van der Waals surface area contributed by atoms with Crippen molar-refractivity contribution in [3.8, 4) is 0 Å². The van der Waals surface area contributed by atoms with E-state index in [1.807, 2.05) is 0 Å². The molecule has 0 saturated carbocycles. The highest BCUT2D eigenvalue weighted by molar-refractivity contribution is 5.66. The Morgan fingerprint density at radius 1 is 1.20 bits per heavy atom. The van der Waals surface area contributed by atoms with Gasteiger partial charge in [-0.05, 0) is 0 Å². The van der Waals surface area contributed by atoms with E-state index in [2.05, 4.69) is 26.2 Å². The van der Waals surface area contributed by atoms with E-state index in [9.17, 15) is 0 Å². The Labute approximate surface area is 57.0 Å². The Hall–Kier alpha value is -1.58. The maximum absolute atomic E-state index is 3.96. The summed E-state index contributed by atoms with van der Waals surface area (Å²) in [5, 5.41) is 7.33. The Bertz CT molecular complexity index is 281. The molecule has 0 bridgehead atoms. The maximum Gasteiger partial charge on any atom is 0.201 e. The molecule has 4 nitrogen and oxygen atoms in total. The van der Waals surface area contributed by atoms with E-state index >= 15 is 0 Å². The van der Waals surface area contributed by atoms with E-state index < -0.39 is 0 Å². The molecule has 0 spiro atoms. The summed E-state index contributed by atoms with van der Waals surface area (Å²) in [6.45, 7) is 0. The summed E-state index contributed by atoms with van der Waals surface area (Å²) in [5.74, 6) is 0. The highest BCUT2D eigenvalue weighted by atomic mass is 15.1. The first kappa shape index (κ1) is 5.22. The Balaban J connectivity index is 2.89. The first-order valence-electron chi connectivity index (χ1n) is 2.77. The van der Waals surface area contributed by atoms with Gasteiger partial charge < -0.3 is 0 Å². The average Bonchev–Trinajstić information content (AvgIpc) is 2.05. The van der Waals surface area contributed by atoms with Gasteiger partial charge in [-0.3, -0.25) is 4.98 Å². The van der Waals surface area contributed by atoms with Gasteiger partial charge in [0.2, 0.25) is 5.65 Å². The molecule has 0 unspecified atom stereocenters. The SMILES string of the molecule is [c]1cnnc2nccnc12. The second kappa shape index (κ2) is 1.98. The molecular weight excluding hydrogens is 128 g/mol. The van der Waals surface area contributed by atoms with Gasteiger partial charge in [-0.1, -0.05) is 0 Å².